The topological polar surface area (TPSA) is 145 Å². The molecule has 2 saturated heterocycles. The molecular formula is C31H48N4O6. The van der Waals surface area contributed by atoms with Crippen LogP contribution >= 0.6 is 0 Å². The minimum atomic E-state index is -1.20. The number of primary amides is 1. The summed E-state index contributed by atoms with van der Waals surface area (Å²) >= 11 is 0. The van der Waals surface area contributed by atoms with Crippen molar-refractivity contribution >= 4 is 23.6 Å². The zero-order valence-corrected chi connectivity index (χ0v) is 25.0. The SMILES string of the molecule is CCCCCCCCCCCCCCCC(=O)N1[C@H]2[C@@H]1CN1C3=C(C(=O)C(N)=C(C)C3=O)[C@@H](COC(N)=O)[C@@]21OC. The summed E-state index contributed by atoms with van der Waals surface area (Å²) in [6.45, 7) is 3.89. The van der Waals surface area contributed by atoms with Crippen molar-refractivity contribution in [2.45, 2.75) is 122 Å². The lowest BCUT2D eigenvalue weighted by Gasteiger charge is -2.41. The smallest absolute Gasteiger partial charge is 0.404 e. The van der Waals surface area contributed by atoms with Crippen molar-refractivity contribution in [1.82, 2.24) is 9.80 Å². The van der Waals surface area contributed by atoms with Gasteiger partial charge in [0.25, 0.3) is 0 Å². The van der Waals surface area contributed by atoms with Gasteiger partial charge < -0.3 is 30.7 Å². The van der Waals surface area contributed by atoms with Crippen molar-refractivity contribution in [2.75, 3.05) is 20.3 Å². The molecule has 228 valence electrons. The lowest BCUT2D eigenvalue weighted by Crippen LogP contribution is -2.56. The number of nitrogens with two attached hydrogens (primary N) is 2. The molecule has 0 saturated carbocycles. The first-order valence-electron chi connectivity index (χ1n) is 15.6. The van der Waals surface area contributed by atoms with Crippen LogP contribution in [0, 0.1) is 5.92 Å². The minimum absolute atomic E-state index is 0.0464. The molecule has 0 aromatic rings. The molecule has 0 aromatic carbocycles. The van der Waals surface area contributed by atoms with Crippen LogP contribution in [0.5, 0.6) is 0 Å². The number of nitrogens with zero attached hydrogens (tertiary/aromatic N) is 2. The number of ketones is 2. The molecule has 3 heterocycles. The summed E-state index contributed by atoms with van der Waals surface area (Å²) in [7, 11) is 1.50. The number of piperazine rings is 1. The van der Waals surface area contributed by atoms with Gasteiger partial charge in [0.2, 0.25) is 17.5 Å². The van der Waals surface area contributed by atoms with Gasteiger partial charge in [0.15, 0.2) is 5.72 Å². The van der Waals surface area contributed by atoms with Crippen molar-refractivity contribution in [3.63, 3.8) is 0 Å². The molecule has 3 aliphatic heterocycles. The minimum Gasteiger partial charge on any atom is -0.449 e. The Kier molecular flexibility index (Phi) is 10.2. The van der Waals surface area contributed by atoms with Gasteiger partial charge in [-0.1, -0.05) is 84.0 Å². The second kappa shape index (κ2) is 13.4. The monoisotopic (exact) mass is 572 g/mol. The van der Waals surface area contributed by atoms with Crippen LogP contribution in [-0.2, 0) is 23.9 Å². The molecule has 41 heavy (non-hydrogen) atoms. The number of fused-ring (bicyclic) bond motifs is 4. The molecule has 10 heteroatoms. The maximum Gasteiger partial charge on any atom is 0.404 e. The summed E-state index contributed by atoms with van der Waals surface area (Å²) in [6.07, 6.45) is 15.6. The first-order valence-corrected chi connectivity index (χ1v) is 15.6. The zero-order chi connectivity index (χ0) is 29.7. The van der Waals surface area contributed by atoms with E-state index in [0.717, 1.165) is 19.3 Å². The van der Waals surface area contributed by atoms with E-state index in [1.54, 1.807) is 4.90 Å². The third-order valence-electron chi connectivity index (χ3n) is 9.47. The van der Waals surface area contributed by atoms with E-state index < -0.39 is 23.5 Å². The maximum absolute atomic E-state index is 13.3. The first kappa shape index (κ1) is 31.1. The van der Waals surface area contributed by atoms with Crippen LogP contribution in [0.25, 0.3) is 0 Å². The van der Waals surface area contributed by atoms with Crippen LogP contribution < -0.4 is 11.5 Å². The van der Waals surface area contributed by atoms with Crippen molar-refractivity contribution in [2.24, 2.45) is 17.4 Å². The van der Waals surface area contributed by atoms with E-state index in [2.05, 4.69) is 6.92 Å². The molecule has 4 N–H and O–H groups in total. The quantitative estimate of drug-likeness (QED) is 0.151. The lowest BCUT2D eigenvalue weighted by atomic mass is 9.82. The number of carbonyl (C=O) groups is 4. The highest BCUT2D eigenvalue weighted by Gasteiger charge is 2.77. The number of allylic oxidation sites excluding steroid dienone is 2. The zero-order valence-electron chi connectivity index (χ0n) is 25.0. The highest BCUT2D eigenvalue weighted by atomic mass is 16.6. The van der Waals surface area contributed by atoms with Crippen LogP contribution in [0.2, 0.25) is 0 Å². The summed E-state index contributed by atoms with van der Waals surface area (Å²) in [5.41, 5.74) is 10.5. The molecule has 0 aromatic heterocycles. The Morgan fingerprint density at radius 1 is 0.927 bits per heavy atom. The number of ether oxygens (including phenoxy) is 2. The van der Waals surface area contributed by atoms with Crippen molar-refractivity contribution in [1.29, 1.82) is 0 Å². The van der Waals surface area contributed by atoms with Crippen LogP contribution in [0.1, 0.15) is 104 Å². The second-order valence-electron chi connectivity index (χ2n) is 12.0. The van der Waals surface area contributed by atoms with Crippen molar-refractivity contribution < 1.29 is 28.7 Å². The van der Waals surface area contributed by atoms with Gasteiger partial charge in [-0.3, -0.25) is 14.4 Å². The molecule has 0 radical (unpaired) electrons. The predicted molar refractivity (Wildman–Crippen MR) is 154 cm³/mol. The van der Waals surface area contributed by atoms with E-state index in [-0.39, 0.29) is 52.9 Å². The molecule has 10 nitrogen and oxygen atoms in total. The summed E-state index contributed by atoms with van der Waals surface area (Å²) in [6, 6.07) is -0.503. The number of hydrogen-bond donors (Lipinski definition) is 2. The highest BCUT2D eigenvalue weighted by molar-refractivity contribution is 6.25. The summed E-state index contributed by atoms with van der Waals surface area (Å²) < 4.78 is 11.2. The van der Waals surface area contributed by atoms with E-state index in [4.69, 9.17) is 20.9 Å². The first-order chi connectivity index (χ1) is 19.7. The molecule has 2 fully saturated rings. The fraction of sp³-hybridized carbons (Fsp3) is 0.742. The Balaban J connectivity index is 1.28. The molecule has 4 aliphatic rings. The van der Waals surface area contributed by atoms with Gasteiger partial charge in [0.05, 0.1) is 23.4 Å². The van der Waals surface area contributed by atoms with Gasteiger partial charge in [-0.15, -0.1) is 0 Å². The Hall–Kier alpha value is -2.88. The summed E-state index contributed by atoms with van der Waals surface area (Å²) in [5, 5.41) is 0. The second-order valence-corrected chi connectivity index (χ2v) is 12.0. The molecule has 2 amide bonds. The number of hydrogen-bond acceptors (Lipinski definition) is 8. The molecule has 1 aliphatic carbocycles. The molecule has 0 bridgehead atoms. The van der Waals surface area contributed by atoms with Gasteiger partial charge in [0.1, 0.15) is 12.6 Å². The number of Topliss-reactive ketones (excluding diaryl/α,β-unsaturated/α-hetero) is 2. The Bertz CT molecular complexity index is 1100. The van der Waals surface area contributed by atoms with Gasteiger partial charge in [-0.2, -0.15) is 0 Å². The van der Waals surface area contributed by atoms with E-state index in [1.807, 2.05) is 4.90 Å². The maximum atomic E-state index is 13.3. The molecule has 0 spiro atoms. The third-order valence-corrected chi connectivity index (χ3v) is 9.47. The normalized spacial score (nSPS) is 26.5. The fourth-order valence-corrected chi connectivity index (χ4v) is 7.24. The van der Waals surface area contributed by atoms with E-state index in [1.165, 1.54) is 78.2 Å². The summed E-state index contributed by atoms with van der Waals surface area (Å²) in [4.78, 5) is 54.9. The Labute approximate surface area is 243 Å². The Morgan fingerprint density at radius 2 is 1.49 bits per heavy atom. The van der Waals surface area contributed by atoms with Gasteiger partial charge >= 0.3 is 6.09 Å². The number of rotatable bonds is 17. The van der Waals surface area contributed by atoms with E-state index >= 15 is 0 Å². The highest BCUT2D eigenvalue weighted by Crippen LogP contribution is 2.59. The molecular weight excluding hydrogens is 524 g/mol. The number of carbonyl (C=O) groups excluding carboxylic acids is 4. The van der Waals surface area contributed by atoms with E-state index in [9.17, 15) is 19.2 Å². The van der Waals surface area contributed by atoms with Crippen LogP contribution in [0.3, 0.4) is 0 Å². The number of methoxy groups -OCH3 is 1. The predicted octanol–water partition coefficient (Wildman–Crippen LogP) is 4.07. The number of unbranched alkanes of at least 4 members (excludes halogenated alkanes) is 12. The average molecular weight is 573 g/mol. The fourth-order valence-electron chi connectivity index (χ4n) is 7.24. The van der Waals surface area contributed by atoms with Crippen LogP contribution in [-0.4, -0.2) is 71.4 Å². The van der Waals surface area contributed by atoms with Gasteiger partial charge in [-0.05, 0) is 13.3 Å². The van der Waals surface area contributed by atoms with Gasteiger partial charge in [-0.25, -0.2) is 4.79 Å². The Morgan fingerprint density at radius 3 is 2.02 bits per heavy atom. The number of amides is 2. The largest absolute Gasteiger partial charge is 0.449 e. The van der Waals surface area contributed by atoms with Crippen molar-refractivity contribution in [3.05, 3.63) is 22.5 Å². The van der Waals surface area contributed by atoms with Crippen molar-refractivity contribution in [3.8, 4) is 0 Å². The van der Waals surface area contributed by atoms with Crippen LogP contribution in [0.15, 0.2) is 22.5 Å². The van der Waals surface area contributed by atoms with E-state index in [0.29, 0.717) is 13.0 Å². The molecule has 0 unspecified atom stereocenters. The third kappa shape index (κ3) is 5.90. The standard InChI is InChI=1S/C31H48N4O6/c1-4-5-6-7-8-9-10-11-12-13-14-15-16-17-23(36)35-22-18-34-26-24(28(38)25(32)20(2)27(26)37)21(19-41-30(33)39)31(34,40-3)29(22)35/h21-22,29H,4-19,32H2,1-3H3,(H2,33,39)/t21-,22+,29+,31-,35?/m1/s1. The summed E-state index contributed by atoms with van der Waals surface area (Å²) in [5.74, 6) is -1.57. The van der Waals surface area contributed by atoms with Gasteiger partial charge in [0, 0.05) is 31.2 Å². The molecule has 4 rings (SSSR count). The average Bonchev–Trinajstić information content (AvgIpc) is 3.46. The molecule has 4 atom stereocenters. The lowest BCUT2D eigenvalue weighted by molar-refractivity contribution is -0.153. The van der Waals surface area contributed by atoms with Crippen LogP contribution in [0.4, 0.5) is 4.79 Å².